The van der Waals surface area contributed by atoms with Gasteiger partial charge >= 0.3 is 0 Å². The van der Waals surface area contributed by atoms with Crippen molar-refractivity contribution < 1.29 is 37.2 Å². The summed E-state index contributed by atoms with van der Waals surface area (Å²) in [7, 11) is 1.97. The normalized spacial score (nSPS) is 16.6. The van der Waals surface area contributed by atoms with Gasteiger partial charge in [0.1, 0.15) is 18.1 Å². The highest BCUT2D eigenvalue weighted by atomic mass is 19.3. The molecule has 5 heterocycles. The van der Waals surface area contributed by atoms with Crippen molar-refractivity contribution in [2.75, 3.05) is 30.8 Å². The smallest absolute Gasteiger partial charge is 0.284 e. The molecule has 298 valence electrons. The minimum atomic E-state index is -2.96. The summed E-state index contributed by atoms with van der Waals surface area (Å²) in [6.45, 7) is 2.13. The number of imide groups is 2. The van der Waals surface area contributed by atoms with Crippen molar-refractivity contribution in [3.63, 3.8) is 0 Å². The lowest BCUT2D eigenvalue weighted by atomic mass is 10.0. The first-order chi connectivity index (χ1) is 28.0. The van der Waals surface area contributed by atoms with Gasteiger partial charge in [0.15, 0.2) is 11.4 Å². The van der Waals surface area contributed by atoms with E-state index in [2.05, 4.69) is 35.9 Å². The van der Waals surface area contributed by atoms with Crippen molar-refractivity contribution in [3.05, 3.63) is 107 Å². The fourth-order valence-electron chi connectivity index (χ4n) is 7.08. The molecule has 1 saturated carbocycles. The molecule has 5 aromatic rings. The number of alkyl halides is 2. The molecule has 58 heavy (non-hydrogen) atoms. The summed E-state index contributed by atoms with van der Waals surface area (Å²) in [5, 5.41) is 12.0. The Bertz CT molecular complexity index is 2410. The van der Waals surface area contributed by atoms with Crippen LogP contribution in [0.3, 0.4) is 0 Å². The van der Waals surface area contributed by atoms with Crippen LogP contribution in [-0.4, -0.2) is 85.3 Å². The van der Waals surface area contributed by atoms with Gasteiger partial charge in [-0.25, -0.2) is 23.4 Å². The first-order valence-electron chi connectivity index (χ1n) is 19.0. The SMILES string of the molecule is CN(CCCc1ccc2c(c1)C(=O)N(C1CCC(=O)NC1=O)C2=O)Cc1ccc(-n2cc(NC(=O)c3coc(-c4ccnc(NCC5CC5)c4)n3)c(C(F)F)n2)cc1. The quantitative estimate of drug-likeness (QED) is 0.115. The molecule has 3 aromatic heterocycles. The minimum absolute atomic E-state index is 0.0579. The number of nitrogens with zero attached hydrogens (tertiary/aromatic N) is 6. The van der Waals surface area contributed by atoms with Crippen LogP contribution in [0.4, 0.5) is 20.3 Å². The number of oxazole rings is 1. The molecular weight excluding hydrogens is 753 g/mol. The Balaban J connectivity index is 0.845. The van der Waals surface area contributed by atoms with Gasteiger partial charge in [-0.05, 0) is 99.1 Å². The van der Waals surface area contributed by atoms with Crippen LogP contribution < -0.4 is 16.0 Å². The van der Waals surface area contributed by atoms with E-state index in [1.165, 1.54) is 30.0 Å². The monoisotopic (exact) mass is 791 g/mol. The second-order valence-electron chi connectivity index (χ2n) is 14.8. The Kier molecular flexibility index (Phi) is 10.6. The molecule has 2 aromatic carbocycles. The third-order valence-electron chi connectivity index (χ3n) is 10.4. The molecular formula is C41H39F2N9O6. The van der Waals surface area contributed by atoms with Crippen molar-refractivity contribution in [3.8, 4) is 17.1 Å². The van der Waals surface area contributed by atoms with Crippen LogP contribution in [0, 0.1) is 5.92 Å². The summed E-state index contributed by atoms with van der Waals surface area (Å²) >= 11 is 0. The fourth-order valence-corrected chi connectivity index (χ4v) is 7.08. The molecule has 15 nitrogen and oxygen atoms in total. The maximum Gasteiger partial charge on any atom is 0.284 e. The number of anilines is 2. The molecule has 17 heteroatoms. The molecule has 3 N–H and O–H groups in total. The topological polar surface area (TPSA) is 185 Å². The summed E-state index contributed by atoms with van der Waals surface area (Å²) in [6.07, 6.45) is 5.10. The number of nitrogens with one attached hydrogen (secondary N) is 3. The molecule has 0 bridgehead atoms. The van der Waals surface area contributed by atoms with Crippen LogP contribution in [0.25, 0.3) is 17.1 Å². The average Bonchev–Trinajstić information content (AvgIpc) is 3.62. The highest BCUT2D eigenvalue weighted by molar-refractivity contribution is 6.23. The number of hydrogen-bond acceptors (Lipinski definition) is 11. The number of aromatic nitrogens is 4. The van der Waals surface area contributed by atoms with Gasteiger partial charge in [0.2, 0.25) is 17.7 Å². The summed E-state index contributed by atoms with van der Waals surface area (Å²) in [5.41, 5.74) is 2.64. The molecule has 1 atom stereocenters. The number of aryl methyl sites for hydroxylation is 1. The van der Waals surface area contributed by atoms with Crippen LogP contribution in [0.2, 0.25) is 0 Å². The number of carbonyl (C=O) groups excluding carboxylic acids is 5. The van der Waals surface area contributed by atoms with Gasteiger partial charge in [-0.2, -0.15) is 5.10 Å². The zero-order chi connectivity index (χ0) is 40.5. The molecule has 2 aliphatic heterocycles. The number of hydrogen-bond donors (Lipinski definition) is 3. The van der Waals surface area contributed by atoms with Crippen molar-refractivity contribution in [1.29, 1.82) is 0 Å². The van der Waals surface area contributed by atoms with E-state index < -0.39 is 47.7 Å². The van der Waals surface area contributed by atoms with Crippen molar-refractivity contribution >= 4 is 41.0 Å². The van der Waals surface area contributed by atoms with E-state index in [1.807, 2.05) is 19.2 Å². The predicted octanol–water partition coefficient (Wildman–Crippen LogP) is 5.40. The lowest BCUT2D eigenvalue weighted by Gasteiger charge is -2.27. The molecule has 1 aliphatic carbocycles. The molecule has 8 rings (SSSR count). The first-order valence-corrected chi connectivity index (χ1v) is 19.0. The third kappa shape index (κ3) is 8.25. The predicted molar refractivity (Wildman–Crippen MR) is 205 cm³/mol. The highest BCUT2D eigenvalue weighted by Crippen LogP contribution is 2.31. The lowest BCUT2D eigenvalue weighted by Crippen LogP contribution is -2.54. The van der Waals surface area contributed by atoms with Crippen LogP contribution in [-0.2, 0) is 22.6 Å². The first kappa shape index (κ1) is 38.3. The minimum Gasteiger partial charge on any atom is -0.444 e. The number of pyridine rings is 1. The largest absolute Gasteiger partial charge is 0.444 e. The van der Waals surface area contributed by atoms with E-state index >= 15 is 0 Å². The second-order valence-corrected chi connectivity index (χ2v) is 14.8. The van der Waals surface area contributed by atoms with Crippen LogP contribution in [0.15, 0.2) is 77.7 Å². The van der Waals surface area contributed by atoms with Crippen LogP contribution in [0.1, 0.15) is 86.6 Å². The summed E-state index contributed by atoms with van der Waals surface area (Å²) in [6, 6.07) is 14.8. The van der Waals surface area contributed by atoms with E-state index in [-0.39, 0.29) is 41.2 Å². The van der Waals surface area contributed by atoms with E-state index in [0.717, 1.165) is 29.0 Å². The van der Waals surface area contributed by atoms with Gasteiger partial charge in [-0.1, -0.05) is 18.2 Å². The van der Waals surface area contributed by atoms with Gasteiger partial charge in [-0.15, -0.1) is 0 Å². The fraction of sp³-hybridized carbons (Fsp3) is 0.317. The maximum atomic E-state index is 14.1. The second kappa shape index (κ2) is 16.1. The van der Waals surface area contributed by atoms with Crippen LogP contribution in [0.5, 0.6) is 0 Å². The number of carbonyl (C=O) groups is 5. The molecule has 3 aliphatic rings. The van der Waals surface area contributed by atoms with Gasteiger partial charge in [-0.3, -0.25) is 34.2 Å². The van der Waals surface area contributed by atoms with E-state index in [1.54, 1.807) is 48.7 Å². The Hall–Kier alpha value is -6.62. The van der Waals surface area contributed by atoms with Gasteiger partial charge in [0.05, 0.1) is 28.7 Å². The van der Waals surface area contributed by atoms with Gasteiger partial charge in [0.25, 0.3) is 24.1 Å². The molecule has 1 unspecified atom stereocenters. The van der Waals surface area contributed by atoms with Crippen molar-refractivity contribution in [2.45, 2.75) is 57.5 Å². The summed E-state index contributed by atoms with van der Waals surface area (Å²) < 4.78 is 35.0. The Morgan fingerprint density at radius 3 is 2.53 bits per heavy atom. The molecule has 0 spiro atoms. The van der Waals surface area contributed by atoms with Gasteiger partial charge < -0.3 is 20.0 Å². The zero-order valence-corrected chi connectivity index (χ0v) is 31.4. The summed E-state index contributed by atoms with van der Waals surface area (Å²) in [5.74, 6) is -1.37. The molecule has 1 saturated heterocycles. The average molecular weight is 792 g/mol. The Morgan fingerprint density at radius 2 is 1.78 bits per heavy atom. The highest BCUT2D eigenvalue weighted by Gasteiger charge is 2.44. The number of amides is 5. The lowest BCUT2D eigenvalue weighted by molar-refractivity contribution is -0.136. The number of fused-ring (bicyclic) bond motifs is 1. The van der Waals surface area contributed by atoms with Crippen molar-refractivity contribution in [1.82, 2.24) is 34.9 Å². The summed E-state index contributed by atoms with van der Waals surface area (Å²) in [4.78, 5) is 74.8. The maximum absolute atomic E-state index is 14.1. The van der Waals surface area contributed by atoms with Crippen LogP contribution >= 0.6 is 0 Å². The molecule has 2 fully saturated rings. The van der Waals surface area contributed by atoms with E-state index in [0.29, 0.717) is 42.5 Å². The standard InChI is InChI=1S/C41H39F2N9O6/c1-50(16-2-3-23-8-11-28-29(17-23)41(57)52(40(28)56)32-12-13-34(53)48-38(32)55)20-25-6-9-27(10-7-25)51-21-30(35(49-51)36(42)43)46-37(54)31-22-58-39(47-31)26-14-15-44-33(18-26)45-19-24-4-5-24/h6-11,14-15,17-18,21-22,24,32,36H,2-5,12-13,16,19-20H2,1H3,(H,44,45)(H,46,54)(H,48,53,55). The number of benzene rings is 2. The number of rotatable bonds is 15. The third-order valence-corrected chi connectivity index (χ3v) is 10.4. The number of piperidine rings is 1. The van der Waals surface area contributed by atoms with Crippen molar-refractivity contribution in [2.24, 2.45) is 5.92 Å². The van der Waals surface area contributed by atoms with E-state index in [9.17, 15) is 32.8 Å². The molecule has 0 radical (unpaired) electrons. The van der Waals surface area contributed by atoms with E-state index in [4.69, 9.17) is 4.42 Å². The number of halogens is 2. The van der Waals surface area contributed by atoms with Gasteiger partial charge in [0, 0.05) is 31.3 Å². The Labute approximate surface area is 330 Å². The zero-order valence-electron chi connectivity index (χ0n) is 31.4. The molecule has 5 amide bonds. The Morgan fingerprint density at radius 1 is 1.00 bits per heavy atom.